The summed E-state index contributed by atoms with van der Waals surface area (Å²) in [5, 5.41) is 6.32. The molecule has 3 rings (SSSR count). The molecule has 2 aromatic rings. The summed E-state index contributed by atoms with van der Waals surface area (Å²) >= 11 is 9.30. The van der Waals surface area contributed by atoms with Gasteiger partial charge in [0.15, 0.2) is 0 Å². The van der Waals surface area contributed by atoms with Gasteiger partial charge in [-0.25, -0.2) is 4.98 Å². The van der Waals surface area contributed by atoms with Crippen molar-refractivity contribution in [2.45, 2.75) is 25.8 Å². The highest BCUT2D eigenvalue weighted by Crippen LogP contribution is 2.22. The lowest BCUT2D eigenvalue weighted by Gasteiger charge is -2.35. The van der Waals surface area contributed by atoms with Gasteiger partial charge in [0, 0.05) is 27.9 Å². The molecule has 1 aliphatic heterocycles. The zero-order chi connectivity index (χ0) is 20.1. The van der Waals surface area contributed by atoms with Gasteiger partial charge in [-0.05, 0) is 72.6 Å². The van der Waals surface area contributed by atoms with Gasteiger partial charge >= 0.3 is 0 Å². The molecule has 2 unspecified atom stereocenters. The second-order valence-electron chi connectivity index (χ2n) is 6.86. The van der Waals surface area contributed by atoms with Gasteiger partial charge in [-0.1, -0.05) is 17.7 Å². The number of pyridine rings is 1. The Morgan fingerprint density at radius 2 is 2.11 bits per heavy atom. The van der Waals surface area contributed by atoms with E-state index >= 15 is 0 Å². The number of carbonyl (C=O) groups excluding carboxylic acids is 2. The molecule has 2 amide bonds. The summed E-state index contributed by atoms with van der Waals surface area (Å²) in [4.78, 5) is 31.5. The number of anilines is 2. The molecular formula is C20H22BrClN4O2. The number of benzene rings is 1. The maximum atomic E-state index is 12.6. The van der Waals surface area contributed by atoms with E-state index in [0.29, 0.717) is 23.1 Å². The van der Waals surface area contributed by atoms with Crippen molar-refractivity contribution in [2.75, 3.05) is 23.7 Å². The first-order valence-electron chi connectivity index (χ1n) is 9.15. The predicted octanol–water partition coefficient (Wildman–Crippen LogP) is 4.18. The van der Waals surface area contributed by atoms with Crippen LogP contribution < -0.4 is 10.6 Å². The zero-order valence-corrected chi connectivity index (χ0v) is 17.8. The van der Waals surface area contributed by atoms with Gasteiger partial charge < -0.3 is 10.6 Å². The molecule has 1 fully saturated rings. The number of nitrogens with one attached hydrogen (secondary N) is 2. The van der Waals surface area contributed by atoms with Crippen molar-refractivity contribution in [3.8, 4) is 0 Å². The molecule has 1 aliphatic rings. The van der Waals surface area contributed by atoms with Crippen LogP contribution in [-0.4, -0.2) is 40.8 Å². The summed E-state index contributed by atoms with van der Waals surface area (Å²) in [7, 11) is 0. The first-order valence-corrected chi connectivity index (χ1v) is 10.3. The van der Waals surface area contributed by atoms with Crippen molar-refractivity contribution in [1.82, 2.24) is 9.88 Å². The van der Waals surface area contributed by atoms with Crippen molar-refractivity contribution >= 4 is 50.9 Å². The lowest BCUT2D eigenvalue weighted by atomic mass is 9.96. The highest BCUT2D eigenvalue weighted by Gasteiger charge is 2.31. The summed E-state index contributed by atoms with van der Waals surface area (Å²) in [5.41, 5.74) is 0.664. The second-order valence-corrected chi connectivity index (χ2v) is 8.21. The number of hydrogen-bond donors (Lipinski definition) is 2. The van der Waals surface area contributed by atoms with E-state index in [4.69, 9.17) is 11.6 Å². The number of aromatic nitrogens is 1. The Balaban J connectivity index is 1.57. The van der Waals surface area contributed by atoms with Crippen LogP contribution in [0.3, 0.4) is 0 Å². The Morgan fingerprint density at radius 1 is 1.29 bits per heavy atom. The predicted molar refractivity (Wildman–Crippen MR) is 114 cm³/mol. The SMILES string of the molecule is CC(C(=O)Nc1cccc(Cl)c1)N1CCCC(C(=O)Nc2ccc(Br)cn2)C1. The van der Waals surface area contributed by atoms with E-state index in [1.54, 1.807) is 36.5 Å². The molecule has 0 spiro atoms. The van der Waals surface area contributed by atoms with Crippen LogP contribution >= 0.6 is 27.5 Å². The van der Waals surface area contributed by atoms with Gasteiger partial charge in [0.2, 0.25) is 11.8 Å². The van der Waals surface area contributed by atoms with Crippen LogP contribution in [0, 0.1) is 5.92 Å². The molecule has 0 aliphatic carbocycles. The average Bonchev–Trinajstić information content (AvgIpc) is 2.69. The number of piperidine rings is 1. The number of nitrogens with zero attached hydrogens (tertiary/aromatic N) is 2. The van der Waals surface area contributed by atoms with Crippen LogP contribution in [0.1, 0.15) is 19.8 Å². The van der Waals surface area contributed by atoms with Gasteiger partial charge in [0.05, 0.1) is 12.0 Å². The van der Waals surface area contributed by atoms with Crippen LogP contribution in [0.5, 0.6) is 0 Å². The number of carbonyl (C=O) groups is 2. The van der Waals surface area contributed by atoms with E-state index < -0.39 is 0 Å². The molecular weight excluding hydrogens is 444 g/mol. The van der Waals surface area contributed by atoms with Crippen LogP contribution in [0.15, 0.2) is 47.1 Å². The van der Waals surface area contributed by atoms with Gasteiger partial charge in [-0.15, -0.1) is 0 Å². The molecule has 28 heavy (non-hydrogen) atoms. The number of hydrogen-bond acceptors (Lipinski definition) is 4. The van der Waals surface area contributed by atoms with Crippen molar-refractivity contribution in [3.63, 3.8) is 0 Å². The Kier molecular flexibility index (Phi) is 7.04. The normalized spacial score (nSPS) is 18.3. The lowest BCUT2D eigenvalue weighted by molar-refractivity contribution is -0.125. The van der Waals surface area contributed by atoms with Crippen LogP contribution in [0.25, 0.3) is 0 Å². The standard InChI is InChI=1S/C20H22BrClN4O2/c1-13(19(27)24-17-6-2-5-16(22)10-17)26-9-3-4-14(12-26)20(28)25-18-8-7-15(21)11-23-18/h2,5-8,10-11,13-14H,3-4,9,12H2,1H3,(H,24,27)(H,23,25,28). The molecule has 6 nitrogen and oxygen atoms in total. The van der Waals surface area contributed by atoms with Crippen LogP contribution in [0.2, 0.25) is 5.02 Å². The first kappa shape index (κ1) is 20.8. The van der Waals surface area contributed by atoms with E-state index in [2.05, 4.69) is 31.5 Å². The third kappa shape index (κ3) is 5.53. The molecule has 1 aromatic heterocycles. The molecule has 1 saturated heterocycles. The summed E-state index contributed by atoms with van der Waals surface area (Å²) in [5.74, 6) is 0.164. The number of halogens is 2. The topological polar surface area (TPSA) is 74.3 Å². The average molecular weight is 466 g/mol. The minimum atomic E-state index is -0.347. The third-order valence-electron chi connectivity index (χ3n) is 4.82. The molecule has 1 aromatic carbocycles. The van der Waals surface area contributed by atoms with Gasteiger partial charge in [-0.3, -0.25) is 14.5 Å². The first-order chi connectivity index (χ1) is 13.4. The van der Waals surface area contributed by atoms with Gasteiger partial charge in [0.1, 0.15) is 5.82 Å². The maximum absolute atomic E-state index is 12.6. The molecule has 2 atom stereocenters. The molecule has 2 N–H and O–H groups in total. The van der Waals surface area contributed by atoms with E-state index in [9.17, 15) is 9.59 Å². The van der Waals surface area contributed by atoms with Crippen molar-refractivity contribution in [1.29, 1.82) is 0 Å². The summed E-state index contributed by atoms with van der Waals surface area (Å²) in [6.07, 6.45) is 3.30. The molecule has 148 valence electrons. The highest BCUT2D eigenvalue weighted by atomic mass is 79.9. The monoisotopic (exact) mass is 464 g/mol. The smallest absolute Gasteiger partial charge is 0.241 e. The summed E-state index contributed by atoms with van der Waals surface area (Å²) in [6, 6.07) is 10.3. The minimum absolute atomic E-state index is 0.0676. The molecule has 0 radical (unpaired) electrons. The summed E-state index contributed by atoms with van der Waals surface area (Å²) in [6.45, 7) is 3.17. The quantitative estimate of drug-likeness (QED) is 0.695. The molecule has 0 saturated carbocycles. The fourth-order valence-electron chi connectivity index (χ4n) is 3.23. The molecule has 0 bridgehead atoms. The van der Waals surface area contributed by atoms with Crippen LogP contribution in [0.4, 0.5) is 11.5 Å². The Morgan fingerprint density at radius 3 is 2.82 bits per heavy atom. The minimum Gasteiger partial charge on any atom is -0.325 e. The fraction of sp³-hybridized carbons (Fsp3) is 0.350. The Bertz CT molecular complexity index is 846. The van der Waals surface area contributed by atoms with Crippen molar-refractivity contribution in [3.05, 3.63) is 52.1 Å². The summed E-state index contributed by atoms with van der Waals surface area (Å²) < 4.78 is 0.855. The van der Waals surface area contributed by atoms with Crippen LogP contribution in [-0.2, 0) is 9.59 Å². The molecule has 8 heteroatoms. The van der Waals surface area contributed by atoms with Crippen molar-refractivity contribution in [2.24, 2.45) is 5.92 Å². The van der Waals surface area contributed by atoms with Gasteiger partial charge in [-0.2, -0.15) is 0 Å². The highest BCUT2D eigenvalue weighted by molar-refractivity contribution is 9.10. The number of amides is 2. The van der Waals surface area contributed by atoms with E-state index in [0.717, 1.165) is 23.9 Å². The Hall–Kier alpha value is -1.96. The lowest BCUT2D eigenvalue weighted by Crippen LogP contribution is -2.49. The number of likely N-dealkylation sites (tertiary alicyclic amines) is 1. The van der Waals surface area contributed by atoms with E-state index in [1.165, 1.54) is 0 Å². The third-order valence-corrected chi connectivity index (χ3v) is 5.53. The van der Waals surface area contributed by atoms with Crippen molar-refractivity contribution < 1.29 is 9.59 Å². The zero-order valence-electron chi connectivity index (χ0n) is 15.5. The fourth-order valence-corrected chi connectivity index (χ4v) is 3.65. The Labute approximate surface area is 177 Å². The maximum Gasteiger partial charge on any atom is 0.241 e. The largest absolute Gasteiger partial charge is 0.325 e. The number of rotatable bonds is 5. The second kappa shape index (κ2) is 9.49. The van der Waals surface area contributed by atoms with E-state index in [1.807, 2.05) is 17.9 Å². The van der Waals surface area contributed by atoms with E-state index in [-0.39, 0.29) is 23.8 Å². The van der Waals surface area contributed by atoms with Gasteiger partial charge in [0.25, 0.3) is 0 Å². The molecule has 2 heterocycles.